The quantitative estimate of drug-likeness (QED) is 0.733. The van der Waals surface area contributed by atoms with Crippen LogP contribution in [0, 0.1) is 0 Å². The summed E-state index contributed by atoms with van der Waals surface area (Å²) < 4.78 is 15.4. The number of piperidine rings is 1. The molecule has 0 atom stereocenters. The maximum absolute atomic E-state index is 12.4. The molecule has 0 N–H and O–H groups in total. The molecular weight excluding hydrogens is 352 g/mol. The van der Waals surface area contributed by atoms with Crippen molar-refractivity contribution in [3.8, 4) is 11.4 Å². The molecule has 0 aliphatic carbocycles. The molecule has 142 valence electrons. The number of carbonyl (C=O) groups excluding carboxylic acids is 2. The SMILES string of the molecule is O=C1OCC2(CCN(C(=O)CCCc3nc(-c4cccnc4)no3)CC2)O1. The minimum atomic E-state index is -0.611. The molecule has 9 nitrogen and oxygen atoms in total. The van der Waals surface area contributed by atoms with E-state index in [9.17, 15) is 9.59 Å². The molecule has 4 heterocycles. The Kier molecular flexibility index (Phi) is 4.74. The van der Waals surface area contributed by atoms with Crippen LogP contribution in [0.25, 0.3) is 11.4 Å². The highest BCUT2D eigenvalue weighted by Crippen LogP contribution is 2.31. The van der Waals surface area contributed by atoms with Crippen LogP contribution < -0.4 is 0 Å². The summed E-state index contributed by atoms with van der Waals surface area (Å²) in [5.74, 6) is 1.09. The second kappa shape index (κ2) is 7.34. The highest BCUT2D eigenvalue weighted by atomic mass is 16.8. The van der Waals surface area contributed by atoms with E-state index in [0.29, 0.717) is 56.9 Å². The van der Waals surface area contributed by atoms with Crippen LogP contribution in [0.5, 0.6) is 0 Å². The number of ether oxygens (including phenoxy) is 2. The van der Waals surface area contributed by atoms with Gasteiger partial charge in [0.2, 0.25) is 17.6 Å². The molecule has 2 aromatic rings. The highest BCUT2D eigenvalue weighted by molar-refractivity contribution is 5.76. The van der Waals surface area contributed by atoms with E-state index in [1.165, 1.54) is 0 Å². The van der Waals surface area contributed by atoms with Gasteiger partial charge in [-0.25, -0.2) is 4.79 Å². The first-order chi connectivity index (χ1) is 13.1. The Hall–Kier alpha value is -2.97. The number of carbonyl (C=O) groups is 2. The molecule has 0 aromatic carbocycles. The molecule has 2 aromatic heterocycles. The number of aromatic nitrogens is 3. The Morgan fingerprint density at radius 2 is 2.15 bits per heavy atom. The van der Waals surface area contributed by atoms with E-state index in [-0.39, 0.29) is 12.5 Å². The molecule has 0 saturated carbocycles. The summed E-state index contributed by atoms with van der Waals surface area (Å²) >= 11 is 0. The molecule has 0 unspecified atom stereocenters. The summed E-state index contributed by atoms with van der Waals surface area (Å²) in [6.07, 6.45) is 5.56. The molecular formula is C18H20N4O5. The van der Waals surface area contributed by atoms with Crippen LogP contribution in [0.1, 0.15) is 31.6 Å². The number of hydrogen-bond donors (Lipinski definition) is 0. The summed E-state index contributed by atoms with van der Waals surface area (Å²) in [6.45, 7) is 1.42. The van der Waals surface area contributed by atoms with Crippen LogP contribution in [0.3, 0.4) is 0 Å². The molecule has 2 saturated heterocycles. The normalized spacial score (nSPS) is 18.4. The average molecular weight is 372 g/mol. The molecule has 4 rings (SSSR count). The summed E-state index contributed by atoms with van der Waals surface area (Å²) in [6, 6.07) is 3.67. The first kappa shape index (κ1) is 17.4. The largest absolute Gasteiger partial charge is 0.509 e. The number of hydrogen-bond acceptors (Lipinski definition) is 8. The Bertz CT molecular complexity index is 814. The summed E-state index contributed by atoms with van der Waals surface area (Å²) in [7, 11) is 0. The zero-order chi connectivity index (χ0) is 18.7. The minimum absolute atomic E-state index is 0.0853. The van der Waals surface area contributed by atoms with Gasteiger partial charge in [-0.05, 0) is 18.6 Å². The predicted octanol–water partition coefficient (Wildman–Crippen LogP) is 1.98. The second-order valence-electron chi connectivity index (χ2n) is 6.81. The first-order valence-corrected chi connectivity index (χ1v) is 9.00. The number of aryl methyl sites for hydroxylation is 1. The molecule has 2 aliphatic heterocycles. The van der Waals surface area contributed by atoms with Crippen molar-refractivity contribution < 1.29 is 23.6 Å². The fraction of sp³-hybridized carbons (Fsp3) is 0.500. The fourth-order valence-electron chi connectivity index (χ4n) is 3.35. The molecule has 0 bridgehead atoms. The molecule has 2 fully saturated rings. The van der Waals surface area contributed by atoms with E-state index in [2.05, 4.69) is 15.1 Å². The van der Waals surface area contributed by atoms with Gasteiger partial charge in [0, 0.05) is 56.7 Å². The third-order valence-corrected chi connectivity index (χ3v) is 4.95. The van der Waals surface area contributed by atoms with Gasteiger partial charge in [-0.15, -0.1) is 0 Å². The molecule has 27 heavy (non-hydrogen) atoms. The minimum Gasteiger partial charge on any atom is -0.430 e. The predicted molar refractivity (Wildman–Crippen MR) is 91.4 cm³/mol. The van der Waals surface area contributed by atoms with Gasteiger partial charge in [0.1, 0.15) is 6.61 Å². The summed E-state index contributed by atoms with van der Waals surface area (Å²) in [5, 5.41) is 3.95. The van der Waals surface area contributed by atoms with Crippen molar-refractivity contribution in [3.63, 3.8) is 0 Å². The van der Waals surface area contributed by atoms with Crippen molar-refractivity contribution >= 4 is 12.1 Å². The average Bonchev–Trinajstić information content (AvgIpc) is 3.30. The number of nitrogens with zero attached hydrogens (tertiary/aromatic N) is 4. The number of cyclic esters (lactones) is 1. The zero-order valence-electron chi connectivity index (χ0n) is 14.8. The van der Waals surface area contributed by atoms with Crippen LogP contribution in [-0.4, -0.2) is 57.4 Å². The smallest absolute Gasteiger partial charge is 0.430 e. The molecule has 2 aliphatic rings. The van der Waals surface area contributed by atoms with Crippen LogP contribution in [0.4, 0.5) is 4.79 Å². The monoisotopic (exact) mass is 372 g/mol. The first-order valence-electron chi connectivity index (χ1n) is 9.00. The van der Waals surface area contributed by atoms with Crippen molar-refractivity contribution in [1.29, 1.82) is 0 Å². The maximum atomic E-state index is 12.4. The number of likely N-dealkylation sites (tertiary alicyclic amines) is 1. The standard InChI is InChI=1S/C18H20N4O5/c23-15(22-9-6-18(7-10-22)12-25-17(24)26-18)5-1-4-14-20-16(21-27-14)13-3-2-8-19-11-13/h2-3,8,11H,1,4-7,9-10,12H2. The number of amides is 1. The second-order valence-corrected chi connectivity index (χ2v) is 6.81. The van der Waals surface area contributed by atoms with Crippen molar-refractivity contribution in [2.45, 2.75) is 37.7 Å². The number of rotatable bonds is 5. The van der Waals surface area contributed by atoms with Crippen LogP contribution >= 0.6 is 0 Å². The fourth-order valence-corrected chi connectivity index (χ4v) is 3.35. The van der Waals surface area contributed by atoms with Crippen molar-refractivity contribution in [2.24, 2.45) is 0 Å². The lowest BCUT2D eigenvalue weighted by molar-refractivity contribution is -0.134. The molecule has 9 heteroatoms. The van der Waals surface area contributed by atoms with Gasteiger partial charge in [-0.1, -0.05) is 5.16 Å². The van der Waals surface area contributed by atoms with Gasteiger partial charge in [-0.2, -0.15) is 4.98 Å². The topological polar surface area (TPSA) is 108 Å². The van der Waals surface area contributed by atoms with Crippen molar-refractivity contribution in [2.75, 3.05) is 19.7 Å². The highest BCUT2D eigenvalue weighted by Gasteiger charge is 2.45. The number of pyridine rings is 1. The van der Waals surface area contributed by atoms with E-state index >= 15 is 0 Å². The van der Waals surface area contributed by atoms with E-state index < -0.39 is 11.8 Å². The third-order valence-electron chi connectivity index (χ3n) is 4.95. The zero-order valence-corrected chi connectivity index (χ0v) is 14.8. The van der Waals surface area contributed by atoms with E-state index in [4.69, 9.17) is 14.0 Å². The van der Waals surface area contributed by atoms with Crippen LogP contribution in [-0.2, 0) is 20.7 Å². The summed E-state index contributed by atoms with van der Waals surface area (Å²) in [5.41, 5.74) is 0.253. The Morgan fingerprint density at radius 3 is 2.85 bits per heavy atom. The third kappa shape index (κ3) is 3.91. The van der Waals surface area contributed by atoms with Gasteiger partial charge in [0.15, 0.2) is 5.60 Å². The lowest BCUT2D eigenvalue weighted by Gasteiger charge is -2.36. The molecule has 1 amide bonds. The maximum Gasteiger partial charge on any atom is 0.509 e. The van der Waals surface area contributed by atoms with Crippen molar-refractivity contribution in [3.05, 3.63) is 30.4 Å². The Morgan fingerprint density at radius 1 is 1.30 bits per heavy atom. The Labute approximate surface area is 155 Å². The van der Waals surface area contributed by atoms with E-state index in [1.54, 1.807) is 12.4 Å². The molecule has 1 spiro atoms. The molecule has 0 radical (unpaired) electrons. The van der Waals surface area contributed by atoms with Gasteiger partial charge in [0.05, 0.1) is 0 Å². The Balaban J connectivity index is 1.22. The van der Waals surface area contributed by atoms with Crippen LogP contribution in [0.2, 0.25) is 0 Å². The van der Waals surface area contributed by atoms with Gasteiger partial charge >= 0.3 is 6.16 Å². The summed E-state index contributed by atoms with van der Waals surface area (Å²) in [4.78, 5) is 33.7. The van der Waals surface area contributed by atoms with E-state index in [1.807, 2.05) is 17.0 Å². The van der Waals surface area contributed by atoms with Crippen molar-refractivity contribution in [1.82, 2.24) is 20.0 Å². The van der Waals surface area contributed by atoms with Crippen LogP contribution in [0.15, 0.2) is 29.0 Å². The van der Waals surface area contributed by atoms with E-state index in [0.717, 1.165) is 5.56 Å². The van der Waals surface area contributed by atoms with Gasteiger partial charge in [-0.3, -0.25) is 9.78 Å². The lowest BCUT2D eigenvalue weighted by Crippen LogP contribution is -2.48. The lowest BCUT2D eigenvalue weighted by atomic mass is 9.92. The van der Waals surface area contributed by atoms with Gasteiger partial charge in [0.25, 0.3) is 0 Å². The van der Waals surface area contributed by atoms with Gasteiger partial charge < -0.3 is 18.9 Å².